The number of hydrogen-bond donors (Lipinski definition) is 1. The first-order chi connectivity index (χ1) is 15.1. The number of piperazine rings is 1. The third kappa shape index (κ3) is 3.97. The summed E-state index contributed by atoms with van der Waals surface area (Å²) in [7, 11) is 0. The molecule has 0 atom stereocenters. The van der Waals surface area contributed by atoms with E-state index in [0.29, 0.717) is 43.4 Å². The predicted molar refractivity (Wildman–Crippen MR) is 121 cm³/mol. The molecule has 1 saturated heterocycles. The van der Waals surface area contributed by atoms with Crippen LogP contribution in [0.4, 0.5) is 0 Å². The molecule has 0 unspecified atom stereocenters. The molecule has 5 rings (SSSR count). The van der Waals surface area contributed by atoms with E-state index in [-0.39, 0.29) is 22.6 Å². The lowest BCUT2D eigenvalue weighted by Crippen LogP contribution is -2.49. The summed E-state index contributed by atoms with van der Waals surface area (Å²) in [5, 5.41) is 3.78. The fourth-order valence-corrected chi connectivity index (χ4v) is 5.14. The number of nitrogens with one attached hydrogen (secondary N) is 1. The van der Waals surface area contributed by atoms with Crippen LogP contribution in [0.1, 0.15) is 16.1 Å². The first kappa shape index (κ1) is 19.9. The van der Waals surface area contributed by atoms with Gasteiger partial charge in [0.1, 0.15) is 5.56 Å². The standard InChI is InChI=1S/C21H19N5O3S2/c27-18-12-14(22-21-26(18)9-11-31-21)13-24-5-7-25(8-6-24)20(29)15-3-4-16(23-19(15)28)17-2-1-10-30-17/h1-4,9-12H,5-8,13H2,(H,23,28). The summed E-state index contributed by atoms with van der Waals surface area (Å²) in [5.41, 5.74) is 1.15. The minimum absolute atomic E-state index is 0.0831. The first-order valence-electron chi connectivity index (χ1n) is 9.83. The van der Waals surface area contributed by atoms with E-state index < -0.39 is 0 Å². The molecule has 0 aromatic carbocycles. The molecule has 0 bridgehead atoms. The Morgan fingerprint density at radius 3 is 2.65 bits per heavy atom. The Balaban J connectivity index is 1.24. The van der Waals surface area contributed by atoms with Crippen molar-refractivity contribution in [3.05, 3.63) is 79.3 Å². The van der Waals surface area contributed by atoms with Crippen LogP contribution < -0.4 is 11.1 Å². The van der Waals surface area contributed by atoms with Crippen LogP contribution in [0.2, 0.25) is 0 Å². The van der Waals surface area contributed by atoms with Crippen LogP contribution in [0.3, 0.4) is 0 Å². The zero-order chi connectivity index (χ0) is 21.4. The zero-order valence-electron chi connectivity index (χ0n) is 16.5. The number of carbonyl (C=O) groups is 1. The summed E-state index contributed by atoms with van der Waals surface area (Å²) in [6.45, 7) is 2.91. The third-order valence-electron chi connectivity index (χ3n) is 5.33. The maximum atomic E-state index is 12.9. The predicted octanol–water partition coefficient (Wildman–Crippen LogP) is 2.13. The quantitative estimate of drug-likeness (QED) is 0.511. The Hall–Kier alpha value is -3.08. The maximum Gasteiger partial charge on any atom is 0.261 e. The molecule has 0 spiro atoms. The Morgan fingerprint density at radius 2 is 1.90 bits per heavy atom. The molecular weight excluding hydrogens is 434 g/mol. The van der Waals surface area contributed by atoms with Crippen LogP contribution in [-0.2, 0) is 6.54 Å². The Bertz CT molecular complexity index is 1350. The summed E-state index contributed by atoms with van der Waals surface area (Å²) in [6, 6.07) is 8.79. The molecule has 5 heterocycles. The number of fused-ring (bicyclic) bond motifs is 1. The van der Waals surface area contributed by atoms with Gasteiger partial charge >= 0.3 is 0 Å². The molecule has 8 nitrogen and oxygen atoms in total. The van der Waals surface area contributed by atoms with Crippen LogP contribution in [0.5, 0.6) is 0 Å². The lowest BCUT2D eigenvalue weighted by Gasteiger charge is -2.34. The second kappa shape index (κ2) is 8.22. The van der Waals surface area contributed by atoms with Crippen molar-refractivity contribution < 1.29 is 4.79 Å². The van der Waals surface area contributed by atoms with Gasteiger partial charge in [0, 0.05) is 50.4 Å². The van der Waals surface area contributed by atoms with E-state index in [9.17, 15) is 14.4 Å². The SMILES string of the molecule is O=C(c1ccc(-c2cccs2)[nH]c1=O)N1CCN(Cc2cc(=O)n3ccsc3n2)CC1. The number of rotatable bonds is 4. The monoisotopic (exact) mass is 453 g/mol. The number of pyridine rings is 1. The number of nitrogens with zero attached hydrogens (tertiary/aromatic N) is 4. The van der Waals surface area contributed by atoms with Crippen LogP contribution in [0.25, 0.3) is 15.5 Å². The molecule has 0 aliphatic carbocycles. The van der Waals surface area contributed by atoms with Gasteiger partial charge in [0.05, 0.1) is 16.3 Å². The maximum absolute atomic E-state index is 12.9. The van der Waals surface area contributed by atoms with Gasteiger partial charge in [-0.3, -0.25) is 23.7 Å². The normalized spacial score (nSPS) is 14.9. The molecule has 31 heavy (non-hydrogen) atoms. The number of thiazole rings is 1. The minimum atomic E-state index is -0.368. The summed E-state index contributed by atoms with van der Waals surface area (Å²) in [4.78, 5) is 50.4. The second-order valence-corrected chi connectivity index (χ2v) is 9.12. The van der Waals surface area contributed by atoms with Gasteiger partial charge in [-0.25, -0.2) is 4.98 Å². The van der Waals surface area contributed by atoms with Gasteiger partial charge in [0.2, 0.25) is 0 Å². The Labute approximate surface area is 185 Å². The topological polar surface area (TPSA) is 90.8 Å². The number of aromatic amines is 1. The van der Waals surface area contributed by atoms with E-state index in [1.807, 2.05) is 22.9 Å². The number of carbonyl (C=O) groups excluding carboxylic acids is 1. The van der Waals surface area contributed by atoms with Crippen LogP contribution >= 0.6 is 22.7 Å². The zero-order valence-corrected chi connectivity index (χ0v) is 18.1. The summed E-state index contributed by atoms with van der Waals surface area (Å²) >= 11 is 2.96. The minimum Gasteiger partial charge on any atom is -0.336 e. The van der Waals surface area contributed by atoms with E-state index >= 15 is 0 Å². The molecule has 4 aromatic heterocycles. The number of thiophene rings is 1. The number of H-pyrrole nitrogens is 1. The van der Waals surface area contributed by atoms with Crippen molar-refractivity contribution in [2.45, 2.75) is 6.54 Å². The fourth-order valence-electron chi connectivity index (χ4n) is 3.69. The lowest BCUT2D eigenvalue weighted by atomic mass is 10.2. The van der Waals surface area contributed by atoms with Crippen molar-refractivity contribution in [3.63, 3.8) is 0 Å². The van der Waals surface area contributed by atoms with Crippen LogP contribution in [0.15, 0.2) is 56.9 Å². The molecule has 158 valence electrons. The highest BCUT2D eigenvalue weighted by Crippen LogP contribution is 2.21. The van der Waals surface area contributed by atoms with E-state index in [1.165, 1.54) is 27.1 Å². The largest absolute Gasteiger partial charge is 0.336 e. The van der Waals surface area contributed by atoms with Crippen molar-refractivity contribution in [1.29, 1.82) is 0 Å². The summed E-state index contributed by atoms with van der Waals surface area (Å²) < 4.78 is 1.53. The highest BCUT2D eigenvalue weighted by molar-refractivity contribution is 7.15. The van der Waals surface area contributed by atoms with Crippen LogP contribution in [-0.4, -0.2) is 56.3 Å². The van der Waals surface area contributed by atoms with Crippen molar-refractivity contribution in [2.24, 2.45) is 0 Å². The Morgan fingerprint density at radius 1 is 1.06 bits per heavy atom. The molecule has 1 N–H and O–H groups in total. The second-order valence-electron chi connectivity index (χ2n) is 7.30. The van der Waals surface area contributed by atoms with Crippen molar-refractivity contribution in [3.8, 4) is 10.6 Å². The van der Waals surface area contributed by atoms with Crippen molar-refractivity contribution in [1.82, 2.24) is 24.2 Å². The van der Waals surface area contributed by atoms with E-state index in [4.69, 9.17) is 0 Å². The number of amides is 1. The van der Waals surface area contributed by atoms with E-state index in [1.54, 1.807) is 29.3 Å². The molecular formula is C21H19N5O3S2. The van der Waals surface area contributed by atoms with Crippen molar-refractivity contribution >= 4 is 33.5 Å². The molecule has 4 aromatic rings. The van der Waals surface area contributed by atoms with E-state index in [0.717, 1.165) is 10.6 Å². The van der Waals surface area contributed by atoms with E-state index in [2.05, 4.69) is 14.9 Å². The van der Waals surface area contributed by atoms with Gasteiger partial charge in [-0.15, -0.1) is 22.7 Å². The molecule has 0 radical (unpaired) electrons. The Kier molecular flexibility index (Phi) is 5.26. The van der Waals surface area contributed by atoms with Gasteiger partial charge in [-0.2, -0.15) is 0 Å². The molecule has 1 fully saturated rings. The highest BCUT2D eigenvalue weighted by Gasteiger charge is 2.24. The average Bonchev–Trinajstić information content (AvgIpc) is 3.46. The molecule has 1 amide bonds. The fraction of sp³-hybridized carbons (Fsp3) is 0.238. The van der Waals surface area contributed by atoms with Gasteiger partial charge in [-0.05, 0) is 23.6 Å². The van der Waals surface area contributed by atoms with Gasteiger partial charge in [0.25, 0.3) is 17.0 Å². The molecule has 10 heteroatoms. The number of hydrogen-bond acceptors (Lipinski definition) is 7. The first-order valence-corrected chi connectivity index (χ1v) is 11.6. The molecule has 1 aliphatic rings. The number of aromatic nitrogens is 3. The average molecular weight is 454 g/mol. The summed E-state index contributed by atoms with van der Waals surface area (Å²) in [6.07, 6.45) is 1.72. The third-order valence-corrected chi connectivity index (χ3v) is 6.99. The molecule has 0 saturated carbocycles. The smallest absolute Gasteiger partial charge is 0.261 e. The van der Waals surface area contributed by atoms with Gasteiger partial charge in [0.15, 0.2) is 4.96 Å². The van der Waals surface area contributed by atoms with Crippen molar-refractivity contribution in [2.75, 3.05) is 26.2 Å². The van der Waals surface area contributed by atoms with Crippen LogP contribution in [0, 0.1) is 0 Å². The highest BCUT2D eigenvalue weighted by atomic mass is 32.1. The van der Waals surface area contributed by atoms with Gasteiger partial charge < -0.3 is 9.88 Å². The summed E-state index contributed by atoms with van der Waals surface area (Å²) in [5.74, 6) is -0.255. The lowest BCUT2D eigenvalue weighted by molar-refractivity contribution is 0.0625. The van der Waals surface area contributed by atoms with Gasteiger partial charge in [-0.1, -0.05) is 6.07 Å². The molecule has 1 aliphatic heterocycles.